The van der Waals surface area contributed by atoms with Crippen LogP contribution in [0, 0.1) is 5.41 Å². The third kappa shape index (κ3) is 2.67. The largest absolute Gasteiger partial charge is 0.481 e. The highest BCUT2D eigenvalue weighted by atomic mass is 16.4. The Kier molecular flexibility index (Phi) is 4.09. The molecule has 0 aliphatic carbocycles. The van der Waals surface area contributed by atoms with E-state index in [0.717, 1.165) is 5.56 Å². The van der Waals surface area contributed by atoms with E-state index in [9.17, 15) is 14.7 Å². The quantitative estimate of drug-likeness (QED) is 0.861. The molecule has 0 spiro atoms. The third-order valence-corrected chi connectivity index (χ3v) is 4.04. The van der Waals surface area contributed by atoms with Gasteiger partial charge in [-0.25, -0.2) is 0 Å². The van der Waals surface area contributed by atoms with Crippen molar-refractivity contribution < 1.29 is 14.7 Å². The molecule has 5 nitrogen and oxygen atoms in total. The van der Waals surface area contributed by atoms with E-state index in [1.807, 2.05) is 30.3 Å². The monoisotopic (exact) mass is 276 g/mol. The first-order valence-electron chi connectivity index (χ1n) is 6.75. The van der Waals surface area contributed by atoms with E-state index in [-0.39, 0.29) is 19.0 Å². The topological polar surface area (TPSA) is 83.6 Å². The van der Waals surface area contributed by atoms with Gasteiger partial charge in [0.25, 0.3) is 0 Å². The highest BCUT2D eigenvalue weighted by Crippen LogP contribution is 2.32. The van der Waals surface area contributed by atoms with Crippen molar-refractivity contribution in [1.29, 1.82) is 0 Å². The van der Waals surface area contributed by atoms with Crippen LogP contribution >= 0.6 is 0 Å². The molecule has 0 aromatic heterocycles. The maximum atomic E-state index is 12.5. The van der Waals surface area contributed by atoms with Gasteiger partial charge in [-0.2, -0.15) is 0 Å². The van der Waals surface area contributed by atoms with Gasteiger partial charge < -0.3 is 15.7 Å². The van der Waals surface area contributed by atoms with Gasteiger partial charge in [0, 0.05) is 19.6 Å². The number of amides is 1. The molecule has 1 aromatic carbocycles. The van der Waals surface area contributed by atoms with E-state index < -0.39 is 17.3 Å². The van der Waals surface area contributed by atoms with Crippen LogP contribution in [0.1, 0.15) is 24.8 Å². The second-order valence-electron chi connectivity index (χ2n) is 5.57. The van der Waals surface area contributed by atoms with Gasteiger partial charge in [-0.05, 0) is 18.9 Å². The molecule has 0 bridgehead atoms. The first-order chi connectivity index (χ1) is 9.48. The lowest BCUT2D eigenvalue weighted by Crippen LogP contribution is -2.39. The van der Waals surface area contributed by atoms with Gasteiger partial charge in [-0.1, -0.05) is 30.3 Å². The van der Waals surface area contributed by atoms with Crippen LogP contribution < -0.4 is 5.73 Å². The zero-order chi connectivity index (χ0) is 14.8. The SMILES string of the molecule is CC1(C(=O)O)CCN(C(=O)C(CN)c2ccccc2)C1. The second-order valence-corrected chi connectivity index (χ2v) is 5.57. The molecule has 1 heterocycles. The summed E-state index contributed by atoms with van der Waals surface area (Å²) in [7, 11) is 0. The molecule has 0 radical (unpaired) electrons. The summed E-state index contributed by atoms with van der Waals surface area (Å²) in [5, 5.41) is 9.22. The van der Waals surface area contributed by atoms with E-state index in [4.69, 9.17) is 5.73 Å². The van der Waals surface area contributed by atoms with Crippen LogP contribution in [0.4, 0.5) is 0 Å². The normalized spacial score (nSPS) is 23.6. The number of nitrogens with two attached hydrogens (primary N) is 1. The van der Waals surface area contributed by atoms with E-state index in [0.29, 0.717) is 13.0 Å². The van der Waals surface area contributed by atoms with E-state index >= 15 is 0 Å². The molecule has 1 saturated heterocycles. The van der Waals surface area contributed by atoms with Crippen molar-refractivity contribution in [2.75, 3.05) is 19.6 Å². The van der Waals surface area contributed by atoms with Crippen molar-refractivity contribution in [1.82, 2.24) is 4.90 Å². The van der Waals surface area contributed by atoms with Gasteiger partial charge >= 0.3 is 5.97 Å². The maximum absolute atomic E-state index is 12.5. The average molecular weight is 276 g/mol. The molecule has 1 aliphatic rings. The number of carbonyl (C=O) groups excluding carboxylic acids is 1. The summed E-state index contributed by atoms with van der Waals surface area (Å²) in [6, 6.07) is 9.38. The molecule has 1 aliphatic heterocycles. The van der Waals surface area contributed by atoms with Crippen molar-refractivity contribution in [3.63, 3.8) is 0 Å². The minimum atomic E-state index is -0.850. The number of aliphatic carboxylic acids is 1. The molecular formula is C15H20N2O3. The van der Waals surface area contributed by atoms with Crippen LogP contribution in [0.25, 0.3) is 0 Å². The number of benzene rings is 1. The molecule has 1 fully saturated rings. The van der Waals surface area contributed by atoms with Crippen LogP contribution in [0.15, 0.2) is 30.3 Å². The smallest absolute Gasteiger partial charge is 0.311 e. The summed E-state index contributed by atoms with van der Waals surface area (Å²) in [5.41, 5.74) is 5.77. The zero-order valence-corrected chi connectivity index (χ0v) is 11.6. The maximum Gasteiger partial charge on any atom is 0.311 e. The van der Waals surface area contributed by atoms with Gasteiger partial charge in [-0.3, -0.25) is 9.59 Å². The highest BCUT2D eigenvalue weighted by Gasteiger charge is 2.43. The van der Waals surface area contributed by atoms with Crippen LogP contribution in [0.5, 0.6) is 0 Å². The van der Waals surface area contributed by atoms with Crippen LogP contribution in [0.3, 0.4) is 0 Å². The molecule has 2 unspecified atom stereocenters. The molecule has 0 saturated carbocycles. The number of hydrogen-bond donors (Lipinski definition) is 2. The van der Waals surface area contributed by atoms with Crippen LogP contribution in [-0.2, 0) is 9.59 Å². The first-order valence-corrected chi connectivity index (χ1v) is 6.75. The zero-order valence-electron chi connectivity index (χ0n) is 11.6. The summed E-state index contributed by atoms with van der Waals surface area (Å²) >= 11 is 0. The Morgan fingerprint density at radius 1 is 1.40 bits per heavy atom. The predicted molar refractivity (Wildman–Crippen MR) is 75.2 cm³/mol. The predicted octanol–water partition coefficient (Wildman–Crippen LogP) is 1.05. The van der Waals surface area contributed by atoms with Gasteiger partial charge in [0.2, 0.25) is 5.91 Å². The molecule has 20 heavy (non-hydrogen) atoms. The van der Waals surface area contributed by atoms with Crippen molar-refractivity contribution in [2.45, 2.75) is 19.3 Å². The van der Waals surface area contributed by atoms with Gasteiger partial charge in [-0.15, -0.1) is 0 Å². The van der Waals surface area contributed by atoms with Gasteiger partial charge in [0.15, 0.2) is 0 Å². The van der Waals surface area contributed by atoms with E-state index in [1.54, 1.807) is 11.8 Å². The number of carboxylic acids is 1. The number of carbonyl (C=O) groups is 2. The number of hydrogen-bond acceptors (Lipinski definition) is 3. The Labute approximate surface area is 118 Å². The summed E-state index contributed by atoms with van der Waals surface area (Å²) < 4.78 is 0. The van der Waals surface area contributed by atoms with Crippen LogP contribution in [-0.4, -0.2) is 41.5 Å². The molecule has 5 heteroatoms. The number of carboxylic acid groups (broad SMARTS) is 1. The Balaban J connectivity index is 2.13. The third-order valence-electron chi connectivity index (χ3n) is 4.04. The van der Waals surface area contributed by atoms with Crippen molar-refractivity contribution in [3.05, 3.63) is 35.9 Å². The minimum Gasteiger partial charge on any atom is -0.481 e. The Morgan fingerprint density at radius 3 is 2.55 bits per heavy atom. The van der Waals surface area contributed by atoms with Gasteiger partial charge in [0.05, 0.1) is 11.3 Å². The minimum absolute atomic E-state index is 0.0799. The Hall–Kier alpha value is -1.88. The fourth-order valence-electron chi connectivity index (χ4n) is 2.61. The highest BCUT2D eigenvalue weighted by molar-refractivity contribution is 5.85. The molecular weight excluding hydrogens is 256 g/mol. The molecule has 108 valence electrons. The van der Waals surface area contributed by atoms with Crippen molar-refractivity contribution in [2.24, 2.45) is 11.1 Å². The lowest BCUT2D eigenvalue weighted by atomic mass is 9.90. The summed E-state index contributed by atoms with van der Waals surface area (Å²) in [6.45, 7) is 2.64. The average Bonchev–Trinajstić information content (AvgIpc) is 2.85. The number of likely N-dealkylation sites (tertiary alicyclic amines) is 1. The molecule has 1 aromatic rings. The number of nitrogens with zero attached hydrogens (tertiary/aromatic N) is 1. The Bertz CT molecular complexity index is 503. The summed E-state index contributed by atoms with van der Waals surface area (Å²) in [5.74, 6) is -1.33. The second kappa shape index (κ2) is 5.63. The first kappa shape index (κ1) is 14.5. The standard InChI is InChI=1S/C15H20N2O3/c1-15(14(19)20)7-8-17(10-15)13(18)12(9-16)11-5-3-2-4-6-11/h2-6,12H,7-10,16H2,1H3,(H,19,20). The summed E-state index contributed by atoms with van der Waals surface area (Å²) in [4.78, 5) is 25.4. The molecule has 2 atom stereocenters. The summed E-state index contributed by atoms with van der Waals surface area (Å²) in [6.07, 6.45) is 0.486. The van der Waals surface area contributed by atoms with Gasteiger partial charge in [0.1, 0.15) is 0 Å². The molecule has 2 rings (SSSR count). The van der Waals surface area contributed by atoms with E-state index in [2.05, 4.69) is 0 Å². The van der Waals surface area contributed by atoms with E-state index in [1.165, 1.54) is 0 Å². The fourth-order valence-corrected chi connectivity index (χ4v) is 2.61. The lowest BCUT2D eigenvalue weighted by molar-refractivity contribution is -0.147. The van der Waals surface area contributed by atoms with Crippen LogP contribution in [0.2, 0.25) is 0 Å². The van der Waals surface area contributed by atoms with Crippen molar-refractivity contribution >= 4 is 11.9 Å². The fraction of sp³-hybridized carbons (Fsp3) is 0.467. The van der Waals surface area contributed by atoms with Crippen molar-refractivity contribution in [3.8, 4) is 0 Å². The Morgan fingerprint density at radius 2 is 2.05 bits per heavy atom. The molecule has 1 amide bonds. The number of rotatable bonds is 4. The lowest BCUT2D eigenvalue weighted by Gasteiger charge is -2.24. The molecule has 3 N–H and O–H groups in total.